The van der Waals surface area contributed by atoms with Crippen molar-refractivity contribution in [3.63, 3.8) is 0 Å². The highest BCUT2D eigenvalue weighted by Gasteiger charge is 2.18. The quantitative estimate of drug-likeness (QED) is 0.550. The van der Waals surface area contributed by atoms with Gasteiger partial charge in [0.05, 0.1) is 12.7 Å². The van der Waals surface area contributed by atoms with Crippen LogP contribution < -0.4 is 11.1 Å². The van der Waals surface area contributed by atoms with Gasteiger partial charge in [0.1, 0.15) is 6.54 Å². The van der Waals surface area contributed by atoms with Crippen molar-refractivity contribution in [1.82, 2.24) is 15.1 Å². The number of nitrogens with two attached hydrogens (primary N) is 1. The van der Waals surface area contributed by atoms with Gasteiger partial charge in [0, 0.05) is 26.2 Å². The number of rotatable bonds is 5. The predicted molar refractivity (Wildman–Crippen MR) is 91.4 cm³/mol. The molecule has 0 bridgehead atoms. The van der Waals surface area contributed by atoms with Gasteiger partial charge in [-0.15, -0.1) is 0 Å². The van der Waals surface area contributed by atoms with Crippen LogP contribution in [0.4, 0.5) is 0 Å². The zero-order valence-corrected chi connectivity index (χ0v) is 14.3. The number of nitrogens with zero attached hydrogens (tertiary/aromatic N) is 3. The average Bonchev–Trinajstić information content (AvgIpc) is 2.81. The number of aliphatic imine (C=N–C) groups is 1. The number of hydrogen-bond acceptors (Lipinski definition) is 4. The van der Waals surface area contributed by atoms with Gasteiger partial charge < -0.3 is 25.6 Å². The summed E-state index contributed by atoms with van der Waals surface area (Å²) in [6, 6.07) is 0. The van der Waals surface area contributed by atoms with E-state index in [0.29, 0.717) is 19.1 Å². The summed E-state index contributed by atoms with van der Waals surface area (Å²) in [4.78, 5) is 20.5. The van der Waals surface area contributed by atoms with E-state index in [1.54, 1.807) is 0 Å². The summed E-state index contributed by atoms with van der Waals surface area (Å²) in [6.07, 6.45) is 5.35. The molecule has 132 valence electrons. The first kappa shape index (κ1) is 18.0. The number of amides is 1. The minimum absolute atomic E-state index is 0.0657. The predicted octanol–water partition coefficient (Wildman–Crippen LogP) is 0.0140. The lowest BCUT2D eigenvalue weighted by Crippen LogP contribution is -2.48. The van der Waals surface area contributed by atoms with E-state index in [1.807, 2.05) is 11.8 Å². The van der Waals surface area contributed by atoms with Crippen molar-refractivity contribution in [2.45, 2.75) is 38.7 Å². The van der Waals surface area contributed by atoms with Crippen LogP contribution in [0.3, 0.4) is 0 Å². The second-order valence-corrected chi connectivity index (χ2v) is 6.41. The van der Waals surface area contributed by atoms with Gasteiger partial charge in [0.15, 0.2) is 5.96 Å². The second kappa shape index (κ2) is 9.72. The molecule has 2 aliphatic heterocycles. The molecule has 1 unspecified atom stereocenters. The van der Waals surface area contributed by atoms with Crippen molar-refractivity contribution in [2.75, 3.05) is 52.4 Å². The molecule has 23 heavy (non-hydrogen) atoms. The van der Waals surface area contributed by atoms with Gasteiger partial charge in [-0.2, -0.15) is 0 Å². The number of guanidine groups is 1. The lowest BCUT2D eigenvalue weighted by molar-refractivity contribution is -0.119. The zero-order valence-electron chi connectivity index (χ0n) is 14.3. The summed E-state index contributed by atoms with van der Waals surface area (Å²) < 4.78 is 5.47. The Balaban J connectivity index is 1.62. The SMILES string of the molecule is CC1CN(C(N)=NCC(=O)NCCN2CCCCCC2)CCO1. The Bertz CT molecular complexity index is 394. The van der Waals surface area contributed by atoms with E-state index >= 15 is 0 Å². The van der Waals surface area contributed by atoms with Crippen molar-refractivity contribution in [1.29, 1.82) is 0 Å². The van der Waals surface area contributed by atoms with Crippen molar-refractivity contribution in [2.24, 2.45) is 10.7 Å². The van der Waals surface area contributed by atoms with Crippen LogP contribution >= 0.6 is 0 Å². The molecule has 0 radical (unpaired) electrons. The minimum Gasteiger partial charge on any atom is -0.375 e. The molecule has 0 aliphatic carbocycles. The standard InChI is InChI=1S/C16H31N5O2/c1-14-13-21(10-11-23-14)16(17)19-12-15(22)18-6-9-20-7-4-2-3-5-8-20/h14H,2-13H2,1H3,(H2,17,19)(H,18,22). The Kier molecular flexibility index (Phi) is 7.61. The third-order valence-electron chi connectivity index (χ3n) is 4.40. The molecule has 0 aromatic rings. The van der Waals surface area contributed by atoms with Crippen LogP contribution in [0.2, 0.25) is 0 Å². The third-order valence-corrected chi connectivity index (χ3v) is 4.40. The maximum Gasteiger partial charge on any atom is 0.241 e. The monoisotopic (exact) mass is 325 g/mol. The van der Waals surface area contributed by atoms with Crippen molar-refractivity contribution in [3.8, 4) is 0 Å². The Labute approximate surface area is 139 Å². The molecule has 2 saturated heterocycles. The first-order valence-corrected chi connectivity index (χ1v) is 8.80. The summed E-state index contributed by atoms with van der Waals surface area (Å²) >= 11 is 0. The molecule has 0 spiro atoms. The van der Waals surface area contributed by atoms with E-state index < -0.39 is 0 Å². The normalized spacial score (nSPS) is 24.3. The highest BCUT2D eigenvalue weighted by molar-refractivity contribution is 5.84. The lowest BCUT2D eigenvalue weighted by Gasteiger charge is -2.31. The number of nitrogens with one attached hydrogen (secondary N) is 1. The molecule has 7 nitrogen and oxygen atoms in total. The Hall–Kier alpha value is -1.34. The number of ether oxygens (including phenoxy) is 1. The number of hydrogen-bond donors (Lipinski definition) is 2. The molecule has 2 fully saturated rings. The van der Waals surface area contributed by atoms with Crippen LogP contribution in [-0.2, 0) is 9.53 Å². The molecular formula is C16H31N5O2. The Morgan fingerprint density at radius 3 is 2.70 bits per heavy atom. The molecule has 0 aromatic heterocycles. The molecule has 0 saturated carbocycles. The van der Waals surface area contributed by atoms with Crippen LogP contribution in [0.1, 0.15) is 32.6 Å². The summed E-state index contributed by atoms with van der Waals surface area (Å²) in [5, 5.41) is 2.93. The van der Waals surface area contributed by atoms with Crippen LogP contribution in [-0.4, -0.2) is 80.2 Å². The fourth-order valence-electron chi connectivity index (χ4n) is 3.05. The van der Waals surface area contributed by atoms with Gasteiger partial charge >= 0.3 is 0 Å². The molecule has 1 amide bonds. The van der Waals surface area contributed by atoms with Crippen LogP contribution in [0.5, 0.6) is 0 Å². The molecule has 7 heteroatoms. The van der Waals surface area contributed by atoms with Gasteiger partial charge in [-0.05, 0) is 32.9 Å². The third kappa shape index (κ3) is 6.74. The Morgan fingerprint density at radius 1 is 1.26 bits per heavy atom. The summed E-state index contributed by atoms with van der Waals surface area (Å²) in [5.74, 6) is 0.367. The number of carbonyl (C=O) groups is 1. The van der Waals surface area contributed by atoms with Crippen LogP contribution in [0.15, 0.2) is 4.99 Å². The van der Waals surface area contributed by atoms with E-state index in [2.05, 4.69) is 15.2 Å². The van der Waals surface area contributed by atoms with Crippen molar-refractivity contribution >= 4 is 11.9 Å². The van der Waals surface area contributed by atoms with Crippen LogP contribution in [0, 0.1) is 0 Å². The maximum atomic E-state index is 11.9. The second-order valence-electron chi connectivity index (χ2n) is 6.41. The highest BCUT2D eigenvalue weighted by atomic mass is 16.5. The largest absolute Gasteiger partial charge is 0.375 e. The molecule has 2 heterocycles. The van der Waals surface area contributed by atoms with Crippen LogP contribution in [0.25, 0.3) is 0 Å². The first-order chi connectivity index (χ1) is 11.1. The smallest absolute Gasteiger partial charge is 0.241 e. The fraction of sp³-hybridized carbons (Fsp3) is 0.875. The first-order valence-electron chi connectivity index (χ1n) is 8.80. The molecule has 2 aliphatic rings. The van der Waals surface area contributed by atoms with E-state index in [0.717, 1.165) is 32.7 Å². The van der Waals surface area contributed by atoms with Gasteiger partial charge in [-0.1, -0.05) is 12.8 Å². The molecule has 0 aromatic carbocycles. The average molecular weight is 325 g/mol. The topological polar surface area (TPSA) is 83.2 Å². The molecule has 3 N–H and O–H groups in total. The van der Waals surface area contributed by atoms with Gasteiger partial charge in [-0.3, -0.25) is 4.79 Å². The Morgan fingerprint density at radius 2 is 2.00 bits per heavy atom. The summed E-state index contributed by atoms with van der Waals surface area (Å²) in [7, 11) is 0. The van der Waals surface area contributed by atoms with Crippen molar-refractivity contribution in [3.05, 3.63) is 0 Å². The number of carbonyl (C=O) groups excluding carboxylic acids is 1. The summed E-state index contributed by atoms with van der Waals surface area (Å²) in [5.41, 5.74) is 5.95. The van der Waals surface area contributed by atoms with Gasteiger partial charge in [-0.25, -0.2) is 4.99 Å². The van der Waals surface area contributed by atoms with E-state index in [9.17, 15) is 4.79 Å². The van der Waals surface area contributed by atoms with Crippen molar-refractivity contribution < 1.29 is 9.53 Å². The minimum atomic E-state index is -0.0657. The highest BCUT2D eigenvalue weighted by Crippen LogP contribution is 2.08. The zero-order chi connectivity index (χ0) is 16.5. The number of morpholine rings is 1. The van der Waals surface area contributed by atoms with E-state index in [1.165, 1.54) is 25.7 Å². The fourth-order valence-corrected chi connectivity index (χ4v) is 3.05. The van der Waals surface area contributed by atoms with Gasteiger partial charge in [0.25, 0.3) is 0 Å². The molecule has 2 rings (SSSR count). The summed E-state index contributed by atoms with van der Waals surface area (Å²) in [6.45, 7) is 8.12. The van der Waals surface area contributed by atoms with E-state index in [-0.39, 0.29) is 18.6 Å². The van der Waals surface area contributed by atoms with E-state index in [4.69, 9.17) is 10.5 Å². The number of likely N-dealkylation sites (tertiary alicyclic amines) is 1. The lowest BCUT2D eigenvalue weighted by atomic mass is 10.2. The maximum absolute atomic E-state index is 11.9. The molecular weight excluding hydrogens is 294 g/mol. The van der Waals surface area contributed by atoms with Gasteiger partial charge in [0.2, 0.25) is 5.91 Å². The molecule has 1 atom stereocenters.